The molecule has 8 heteroatoms. The van der Waals surface area contributed by atoms with Crippen molar-refractivity contribution in [2.24, 2.45) is 5.92 Å². The third kappa shape index (κ3) is 3.54. The first-order valence-electron chi connectivity index (χ1n) is 10.8. The third-order valence-corrected chi connectivity index (χ3v) is 6.63. The zero-order valence-electron chi connectivity index (χ0n) is 16.9. The minimum absolute atomic E-state index is 0.126. The number of piperidine rings is 1. The number of amides is 4. The molecular formula is C22H26N4O4. The van der Waals surface area contributed by atoms with Crippen LogP contribution < -0.4 is 10.6 Å². The van der Waals surface area contributed by atoms with Crippen LogP contribution in [0.25, 0.3) is 0 Å². The molecule has 0 spiro atoms. The third-order valence-electron chi connectivity index (χ3n) is 6.63. The van der Waals surface area contributed by atoms with E-state index in [-0.39, 0.29) is 18.7 Å². The summed E-state index contributed by atoms with van der Waals surface area (Å²) in [4.78, 5) is 53.0. The lowest BCUT2D eigenvalue weighted by Gasteiger charge is -2.28. The Morgan fingerprint density at radius 1 is 1.00 bits per heavy atom. The van der Waals surface area contributed by atoms with Crippen LogP contribution in [-0.2, 0) is 16.1 Å². The molecule has 3 fully saturated rings. The molecule has 158 valence electrons. The number of carbonyl (C=O) groups is 4. The van der Waals surface area contributed by atoms with Crippen molar-refractivity contribution < 1.29 is 19.2 Å². The van der Waals surface area contributed by atoms with Gasteiger partial charge in [0.15, 0.2) is 0 Å². The summed E-state index contributed by atoms with van der Waals surface area (Å²) in [5, 5.41) is 5.66. The van der Waals surface area contributed by atoms with Crippen LogP contribution in [0.1, 0.15) is 58.4 Å². The fourth-order valence-corrected chi connectivity index (χ4v) is 4.78. The van der Waals surface area contributed by atoms with Gasteiger partial charge in [0.05, 0.1) is 11.1 Å². The molecule has 2 saturated heterocycles. The number of imide groups is 2. The molecule has 2 atom stereocenters. The Kier molecular flexibility index (Phi) is 4.91. The first-order chi connectivity index (χ1) is 14.5. The maximum absolute atomic E-state index is 13.0. The van der Waals surface area contributed by atoms with E-state index in [2.05, 4.69) is 15.5 Å². The zero-order valence-corrected chi connectivity index (χ0v) is 16.9. The van der Waals surface area contributed by atoms with Crippen molar-refractivity contribution in [3.05, 3.63) is 34.9 Å². The van der Waals surface area contributed by atoms with E-state index in [0.29, 0.717) is 17.2 Å². The molecule has 2 N–H and O–H groups in total. The quantitative estimate of drug-likeness (QED) is 0.669. The van der Waals surface area contributed by atoms with Crippen molar-refractivity contribution in [3.8, 4) is 0 Å². The first-order valence-corrected chi connectivity index (χ1v) is 10.8. The van der Waals surface area contributed by atoms with Gasteiger partial charge in [0.25, 0.3) is 11.8 Å². The summed E-state index contributed by atoms with van der Waals surface area (Å²) in [5.74, 6) is -1.07. The lowest BCUT2D eigenvalue weighted by molar-refractivity contribution is -0.136. The van der Waals surface area contributed by atoms with Crippen molar-refractivity contribution in [1.29, 1.82) is 0 Å². The van der Waals surface area contributed by atoms with Gasteiger partial charge in [-0.05, 0) is 55.8 Å². The molecule has 0 bridgehead atoms. The van der Waals surface area contributed by atoms with Gasteiger partial charge in [0.2, 0.25) is 11.8 Å². The van der Waals surface area contributed by atoms with E-state index >= 15 is 0 Å². The lowest BCUT2D eigenvalue weighted by Crippen LogP contribution is -2.54. The molecule has 1 aromatic carbocycles. The molecule has 0 radical (unpaired) electrons. The lowest BCUT2D eigenvalue weighted by atomic mass is 10.0. The number of hydrogen-bond donors (Lipinski definition) is 2. The van der Waals surface area contributed by atoms with Crippen LogP contribution in [0, 0.1) is 5.92 Å². The van der Waals surface area contributed by atoms with Gasteiger partial charge in [-0.15, -0.1) is 0 Å². The molecular weight excluding hydrogens is 384 g/mol. The molecule has 3 aliphatic heterocycles. The Hall–Kier alpha value is -2.58. The molecule has 5 rings (SSSR count). The van der Waals surface area contributed by atoms with Gasteiger partial charge in [-0.25, -0.2) is 0 Å². The summed E-state index contributed by atoms with van der Waals surface area (Å²) in [6.07, 6.45) is 4.00. The number of rotatable bonds is 6. The normalized spacial score (nSPS) is 26.5. The van der Waals surface area contributed by atoms with E-state index < -0.39 is 23.8 Å². The van der Waals surface area contributed by atoms with Gasteiger partial charge >= 0.3 is 0 Å². The van der Waals surface area contributed by atoms with Crippen molar-refractivity contribution >= 4 is 23.6 Å². The second-order valence-electron chi connectivity index (χ2n) is 8.85. The Morgan fingerprint density at radius 3 is 2.50 bits per heavy atom. The Bertz CT molecular complexity index is 920. The van der Waals surface area contributed by atoms with Gasteiger partial charge in [-0.2, -0.15) is 0 Å². The second-order valence-corrected chi connectivity index (χ2v) is 8.85. The predicted octanol–water partition coefficient (Wildman–Crippen LogP) is 0.662. The van der Waals surface area contributed by atoms with Crippen molar-refractivity contribution in [1.82, 2.24) is 20.4 Å². The summed E-state index contributed by atoms with van der Waals surface area (Å²) >= 11 is 0. The average molecular weight is 410 g/mol. The Balaban J connectivity index is 1.36. The molecule has 4 amide bonds. The number of fused-ring (bicyclic) bond motifs is 1. The summed E-state index contributed by atoms with van der Waals surface area (Å²) in [6, 6.07) is 5.01. The van der Waals surface area contributed by atoms with Crippen LogP contribution in [-0.4, -0.2) is 65.1 Å². The zero-order chi connectivity index (χ0) is 20.8. The molecule has 30 heavy (non-hydrogen) atoms. The smallest absolute Gasteiger partial charge is 0.262 e. The minimum Gasteiger partial charge on any atom is -0.315 e. The number of carbonyl (C=O) groups excluding carboxylic acids is 4. The van der Waals surface area contributed by atoms with E-state index in [9.17, 15) is 19.2 Å². The highest BCUT2D eigenvalue weighted by Crippen LogP contribution is 2.32. The maximum Gasteiger partial charge on any atom is 0.262 e. The molecule has 1 aromatic rings. The van der Waals surface area contributed by atoms with E-state index in [0.717, 1.165) is 49.0 Å². The molecule has 1 saturated carbocycles. The maximum atomic E-state index is 13.0. The summed E-state index contributed by atoms with van der Waals surface area (Å²) in [6.45, 7) is 3.83. The van der Waals surface area contributed by atoms with Crippen LogP contribution in [0.2, 0.25) is 0 Å². The molecule has 1 aliphatic carbocycles. The van der Waals surface area contributed by atoms with E-state index in [1.807, 2.05) is 12.1 Å². The molecule has 0 aromatic heterocycles. The first kappa shape index (κ1) is 19.4. The number of nitrogens with one attached hydrogen (secondary N) is 2. The van der Waals surface area contributed by atoms with Gasteiger partial charge in [-0.1, -0.05) is 6.07 Å². The standard InChI is InChI=1S/C22H26N4O4/c27-19-6-5-18(20(28)24-19)26-21(29)16-4-3-14(9-17(16)22(26)30)12-25(11-13-1-2-13)15-7-8-23-10-15/h3-4,9,13,15,18,23H,1-2,5-8,10-12H2,(H,24,27,28)/t15-,18?/m1/s1. The SMILES string of the molecule is O=C1CCC(N2C(=O)c3ccc(CN(CC4CC4)[C@@H]4CCNC4)cc3C2=O)C(=O)N1. The van der Waals surface area contributed by atoms with Crippen molar-refractivity contribution in [3.63, 3.8) is 0 Å². The molecule has 4 aliphatic rings. The molecule has 1 unspecified atom stereocenters. The molecule has 3 heterocycles. The van der Waals surface area contributed by atoms with Gasteiger partial charge in [0.1, 0.15) is 6.04 Å². The summed E-state index contributed by atoms with van der Waals surface area (Å²) in [5.41, 5.74) is 1.70. The van der Waals surface area contributed by atoms with Crippen LogP contribution in [0.4, 0.5) is 0 Å². The highest BCUT2D eigenvalue weighted by atomic mass is 16.2. The van der Waals surface area contributed by atoms with Crippen LogP contribution in [0.5, 0.6) is 0 Å². The average Bonchev–Trinajstić information content (AvgIpc) is 3.30. The van der Waals surface area contributed by atoms with E-state index in [4.69, 9.17) is 0 Å². The predicted molar refractivity (Wildman–Crippen MR) is 108 cm³/mol. The summed E-state index contributed by atoms with van der Waals surface area (Å²) in [7, 11) is 0. The van der Waals surface area contributed by atoms with Crippen molar-refractivity contribution in [2.45, 2.75) is 50.7 Å². The van der Waals surface area contributed by atoms with Gasteiger partial charge < -0.3 is 5.32 Å². The Morgan fingerprint density at radius 2 is 1.80 bits per heavy atom. The largest absolute Gasteiger partial charge is 0.315 e. The van der Waals surface area contributed by atoms with Crippen LogP contribution in [0.3, 0.4) is 0 Å². The van der Waals surface area contributed by atoms with E-state index in [1.165, 1.54) is 12.8 Å². The fourth-order valence-electron chi connectivity index (χ4n) is 4.78. The highest BCUT2D eigenvalue weighted by molar-refractivity contribution is 6.23. The number of benzene rings is 1. The second kappa shape index (κ2) is 7.59. The van der Waals surface area contributed by atoms with Crippen LogP contribution >= 0.6 is 0 Å². The monoisotopic (exact) mass is 410 g/mol. The topological polar surface area (TPSA) is 98.8 Å². The fraction of sp³-hybridized carbons (Fsp3) is 0.545. The Labute approximate surface area is 175 Å². The van der Waals surface area contributed by atoms with Crippen molar-refractivity contribution in [2.75, 3.05) is 19.6 Å². The van der Waals surface area contributed by atoms with Gasteiger partial charge in [-0.3, -0.25) is 34.3 Å². The number of nitrogens with zero attached hydrogens (tertiary/aromatic N) is 2. The minimum atomic E-state index is -0.922. The highest BCUT2D eigenvalue weighted by Gasteiger charge is 2.44. The van der Waals surface area contributed by atoms with Gasteiger partial charge in [0, 0.05) is 32.1 Å². The number of hydrogen-bond acceptors (Lipinski definition) is 6. The van der Waals surface area contributed by atoms with Crippen LogP contribution in [0.15, 0.2) is 18.2 Å². The van der Waals surface area contributed by atoms with E-state index in [1.54, 1.807) is 6.07 Å². The summed E-state index contributed by atoms with van der Waals surface area (Å²) < 4.78 is 0. The molecule has 8 nitrogen and oxygen atoms in total.